The Kier molecular flexibility index (Phi) is 7.23. The van der Waals surface area contributed by atoms with Gasteiger partial charge >= 0.3 is 0 Å². The molecule has 0 bridgehead atoms. The smallest absolute Gasteiger partial charge is 0.274 e. The minimum atomic E-state index is -0.304. The van der Waals surface area contributed by atoms with Crippen LogP contribution in [0.2, 0.25) is 0 Å². The summed E-state index contributed by atoms with van der Waals surface area (Å²) < 4.78 is 0. The van der Waals surface area contributed by atoms with Gasteiger partial charge in [-0.2, -0.15) is 0 Å². The van der Waals surface area contributed by atoms with E-state index in [1.807, 2.05) is 19.1 Å². The summed E-state index contributed by atoms with van der Waals surface area (Å²) in [6, 6.07) is 6.98. The lowest BCUT2D eigenvalue weighted by Gasteiger charge is -2.19. The maximum absolute atomic E-state index is 11.0. The predicted molar refractivity (Wildman–Crippen MR) is 82.8 cm³/mol. The van der Waals surface area contributed by atoms with E-state index in [2.05, 4.69) is 19.2 Å². The van der Waals surface area contributed by atoms with Crippen molar-refractivity contribution in [2.75, 3.05) is 6.54 Å². The van der Waals surface area contributed by atoms with Gasteiger partial charge in [0.05, 0.1) is 4.92 Å². The highest BCUT2D eigenvalue weighted by Crippen LogP contribution is 2.24. The molecular weight excluding hydrogens is 252 g/mol. The quantitative estimate of drug-likeness (QED) is 0.536. The molecule has 1 aromatic carbocycles. The second kappa shape index (κ2) is 8.69. The Labute approximate surface area is 121 Å². The molecule has 0 aliphatic heterocycles. The van der Waals surface area contributed by atoms with Crippen LogP contribution in [0.15, 0.2) is 24.3 Å². The van der Waals surface area contributed by atoms with Gasteiger partial charge < -0.3 is 5.32 Å². The lowest BCUT2D eigenvalue weighted by Crippen LogP contribution is -2.26. The number of rotatable bonds is 9. The van der Waals surface area contributed by atoms with Crippen LogP contribution in [0.4, 0.5) is 5.69 Å². The Hall–Kier alpha value is -1.42. The number of hydrogen-bond donors (Lipinski definition) is 1. The molecule has 0 saturated carbocycles. The van der Waals surface area contributed by atoms with E-state index in [0.29, 0.717) is 5.92 Å². The molecule has 0 radical (unpaired) electrons. The number of hydrogen-bond acceptors (Lipinski definition) is 3. The van der Waals surface area contributed by atoms with Crippen molar-refractivity contribution in [1.82, 2.24) is 5.32 Å². The lowest BCUT2D eigenvalue weighted by molar-refractivity contribution is -0.385. The molecule has 1 rings (SSSR count). The molecule has 2 atom stereocenters. The average Bonchev–Trinajstić information content (AvgIpc) is 2.47. The van der Waals surface area contributed by atoms with Crippen LogP contribution in [0, 0.1) is 16.0 Å². The first kappa shape index (κ1) is 16.6. The molecule has 4 heteroatoms. The molecule has 4 nitrogen and oxygen atoms in total. The Bertz CT molecular complexity index is 421. The molecule has 0 aliphatic rings. The molecule has 0 aromatic heterocycles. The van der Waals surface area contributed by atoms with Crippen LogP contribution in [0.1, 0.15) is 58.1 Å². The number of nitro groups is 1. The van der Waals surface area contributed by atoms with E-state index < -0.39 is 0 Å². The maximum Gasteiger partial charge on any atom is 0.274 e. The highest BCUT2D eigenvalue weighted by molar-refractivity contribution is 5.41. The lowest BCUT2D eigenvalue weighted by atomic mass is 9.98. The monoisotopic (exact) mass is 278 g/mol. The molecule has 0 saturated heterocycles. The third kappa shape index (κ3) is 4.93. The van der Waals surface area contributed by atoms with Gasteiger partial charge in [0.2, 0.25) is 0 Å². The number of benzene rings is 1. The van der Waals surface area contributed by atoms with Crippen molar-refractivity contribution in [1.29, 1.82) is 0 Å². The second-order valence-corrected chi connectivity index (χ2v) is 5.36. The summed E-state index contributed by atoms with van der Waals surface area (Å²) >= 11 is 0. The van der Waals surface area contributed by atoms with E-state index in [4.69, 9.17) is 0 Å². The minimum absolute atomic E-state index is 0.00674. The zero-order chi connectivity index (χ0) is 15.0. The number of para-hydroxylation sites is 1. The largest absolute Gasteiger partial charge is 0.310 e. The number of nitrogens with one attached hydrogen (secondary N) is 1. The highest BCUT2D eigenvalue weighted by Gasteiger charge is 2.18. The molecule has 20 heavy (non-hydrogen) atoms. The molecule has 0 heterocycles. The van der Waals surface area contributed by atoms with Crippen molar-refractivity contribution in [3.05, 3.63) is 39.9 Å². The molecule has 2 unspecified atom stereocenters. The van der Waals surface area contributed by atoms with Gasteiger partial charge in [0, 0.05) is 17.7 Å². The van der Waals surface area contributed by atoms with Gasteiger partial charge in [-0.15, -0.1) is 0 Å². The average molecular weight is 278 g/mol. The van der Waals surface area contributed by atoms with Crippen molar-refractivity contribution in [3.8, 4) is 0 Å². The third-order valence-corrected chi connectivity index (χ3v) is 3.86. The molecule has 0 spiro atoms. The molecular formula is C16H26N2O2. The Balaban J connectivity index is 2.62. The van der Waals surface area contributed by atoms with Gasteiger partial charge in [-0.1, -0.05) is 51.3 Å². The normalized spacial score (nSPS) is 13.9. The number of nitro benzene ring substituents is 1. The summed E-state index contributed by atoms with van der Waals surface area (Å²) in [5.74, 6) is 0.653. The predicted octanol–water partition coefficient (Wildman–Crippen LogP) is 4.46. The van der Waals surface area contributed by atoms with Crippen molar-refractivity contribution in [2.24, 2.45) is 5.92 Å². The molecule has 112 valence electrons. The summed E-state index contributed by atoms with van der Waals surface area (Å²) in [7, 11) is 0. The fourth-order valence-corrected chi connectivity index (χ4v) is 2.42. The Morgan fingerprint density at radius 2 is 2.00 bits per heavy atom. The maximum atomic E-state index is 11.0. The van der Waals surface area contributed by atoms with Gasteiger partial charge in [0.1, 0.15) is 0 Å². The Morgan fingerprint density at radius 3 is 2.60 bits per heavy atom. The molecule has 0 fully saturated rings. The van der Waals surface area contributed by atoms with E-state index in [-0.39, 0.29) is 16.7 Å². The SMILES string of the molecule is CCCCC(CC)CNC(C)c1ccccc1[N+](=O)[O-]. The van der Waals surface area contributed by atoms with E-state index in [0.717, 1.165) is 18.5 Å². The summed E-state index contributed by atoms with van der Waals surface area (Å²) in [5, 5.41) is 14.5. The van der Waals surface area contributed by atoms with Crippen molar-refractivity contribution in [3.63, 3.8) is 0 Å². The van der Waals surface area contributed by atoms with E-state index in [1.54, 1.807) is 12.1 Å². The second-order valence-electron chi connectivity index (χ2n) is 5.36. The fraction of sp³-hybridized carbons (Fsp3) is 0.625. The van der Waals surface area contributed by atoms with Gasteiger partial charge in [-0.05, 0) is 25.8 Å². The van der Waals surface area contributed by atoms with Crippen LogP contribution < -0.4 is 5.32 Å². The first-order chi connectivity index (χ1) is 9.60. The zero-order valence-electron chi connectivity index (χ0n) is 12.8. The number of nitrogens with zero attached hydrogens (tertiary/aromatic N) is 1. The molecule has 0 aliphatic carbocycles. The standard InChI is InChI=1S/C16H26N2O2/c1-4-6-9-14(5-2)12-17-13(3)15-10-7-8-11-16(15)18(19)20/h7-8,10-11,13-14,17H,4-6,9,12H2,1-3H3. The van der Waals surface area contributed by atoms with Crippen LogP contribution in [-0.4, -0.2) is 11.5 Å². The van der Waals surface area contributed by atoms with Crippen LogP contribution >= 0.6 is 0 Å². The third-order valence-electron chi connectivity index (χ3n) is 3.86. The zero-order valence-corrected chi connectivity index (χ0v) is 12.8. The highest BCUT2D eigenvalue weighted by atomic mass is 16.6. The summed E-state index contributed by atoms with van der Waals surface area (Å²) in [5.41, 5.74) is 0.969. The van der Waals surface area contributed by atoms with Gasteiger partial charge in [-0.3, -0.25) is 10.1 Å². The first-order valence-corrected chi connectivity index (χ1v) is 7.56. The van der Waals surface area contributed by atoms with Crippen LogP contribution in [0.3, 0.4) is 0 Å². The molecule has 1 aromatic rings. The summed E-state index contributed by atoms with van der Waals surface area (Å²) in [6.07, 6.45) is 4.84. The van der Waals surface area contributed by atoms with Gasteiger partial charge in [0.25, 0.3) is 5.69 Å². The van der Waals surface area contributed by atoms with E-state index >= 15 is 0 Å². The van der Waals surface area contributed by atoms with Gasteiger partial charge in [-0.25, -0.2) is 0 Å². The van der Waals surface area contributed by atoms with E-state index in [1.165, 1.54) is 19.3 Å². The topological polar surface area (TPSA) is 55.2 Å². The van der Waals surface area contributed by atoms with Crippen LogP contribution in [0.25, 0.3) is 0 Å². The van der Waals surface area contributed by atoms with Crippen LogP contribution in [-0.2, 0) is 0 Å². The molecule has 0 amide bonds. The Morgan fingerprint density at radius 1 is 1.30 bits per heavy atom. The first-order valence-electron chi connectivity index (χ1n) is 7.56. The van der Waals surface area contributed by atoms with Crippen molar-refractivity contribution >= 4 is 5.69 Å². The van der Waals surface area contributed by atoms with Crippen LogP contribution in [0.5, 0.6) is 0 Å². The summed E-state index contributed by atoms with van der Waals surface area (Å²) in [6.45, 7) is 7.33. The number of unbranched alkanes of at least 4 members (excludes halogenated alkanes) is 1. The van der Waals surface area contributed by atoms with E-state index in [9.17, 15) is 10.1 Å². The van der Waals surface area contributed by atoms with Crippen molar-refractivity contribution < 1.29 is 4.92 Å². The molecule has 1 N–H and O–H groups in total. The fourth-order valence-electron chi connectivity index (χ4n) is 2.42. The van der Waals surface area contributed by atoms with Crippen molar-refractivity contribution in [2.45, 2.75) is 52.5 Å². The minimum Gasteiger partial charge on any atom is -0.310 e. The summed E-state index contributed by atoms with van der Waals surface area (Å²) in [4.78, 5) is 10.7. The van der Waals surface area contributed by atoms with Gasteiger partial charge in [0.15, 0.2) is 0 Å².